The largest absolute Gasteiger partial charge is 0.452 e. The summed E-state index contributed by atoms with van der Waals surface area (Å²) in [6, 6.07) is 4.86. The highest BCUT2D eigenvalue weighted by Crippen LogP contribution is 2.18. The Balaban J connectivity index is 1.89. The Morgan fingerprint density at radius 2 is 1.95 bits per heavy atom. The Labute approximate surface area is 113 Å². The summed E-state index contributed by atoms with van der Waals surface area (Å²) in [6.45, 7) is 0.940. The molecule has 0 N–H and O–H groups in total. The summed E-state index contributed by atoms with van der Waals surface area (Å²) in [6.07, 6.45) is 0.175. The molecular weight excluding hydrogens is 264 g/mol. The number of amides is 2. The SMILES string of the molecule is COC(=O)N1CCCN1C(=O)c1ccc2nonc2c1. The van der Waals surface area contributed by atoms with Crippen molar-refractivity contribution in [1.29, 1.82) is 0 Å². The number of nitrogens with zero attached hydrogens (tertiary/aromatic N) is 4. The van der Waals surface area contributed by atoms with E-state index in [-0.39, 0.29) is 5.91 Å². The van der Waals surface area contributed by atoms with E-state index >= 15 is 0 Å². The predicted octanol–water partition coefficient (Wildman–Crippen LogP) is 1.05. The van der Waals surface area contributed by atoms with E-state index in [1.807, 2.05) is 0 Å². The fourth-order valence-corrected chi connectivity index (χ4v) is 2.18. The molecule has 20 heavy (non-hydrogen) atoms. The van der Waals surface area contributed by atoms with Gasteiger partial charge in [-0.2, -0.15) is 0 Å². The average Bonchev–Trinajstić information content (AvgIpc) is 3.13. The minimum Gasteiger partial charge on any atom is -0.452 e. The first-order chi connectivity index (χ1) is 9.70. The normalized spacial score (nSPS) is 14.8. The quantitative estimate of drug-likeness (QED) is 0.773. The van der Waals surface area contributed by atoms with Crippen molar-refractivity contribution in [1.82, 2.24) is 20.3 Å². The van der Waals surface area contributed by atoms with E-state index < -0.39 is 6.09 Å². The lowest BCUT2D eigenvalue weighted by Gasteiger charge is -2.26. The molecule has 2 aromatic rings. The van der Waals surface area contributed by atoms with Crippen molar-refractivity contribution in [3.8, 4) is 0 Å². The van der Waals surface area contributed by atoms with Gasteiger partial charge in [-0.25, -0.2) is 19.4 Å². The Kier molecular flexibility index (Phi) is 2.97. The molecule has 1 aliphatic rings. The number of hydrazine groups is 1. The summed E-state index contributed by atoms with van der Waals surface area (Å²) < 4.78 is 9.26. The molecule has 0 radical (unpaired) electrons. The van der Waals surface area contributed by atoms with Crippen LogP contribution in [0.3, 0.4) is 0 Å². The Morgan fingerprint density at radius 3 is 2.75 bits per heavy atom. The van der Waals surface area contributed by atoms with Crippen LogP contribution in [0.4, 0.5) is 4.79 Å². The lowest BCUT2D eigenvalue weighted by atomic mass is 10.2. The van der Waals surface area contributed by atoms with Crippen LogP contribution in [0, 0.1) is 0 Å². The van der Waals surface area contributed by atoms with Crippen LogP contribution in [0.5, 0.6) is 0 Å². The zero-order valence-corrected chi connectivity index (χ0v) is 10.8. The maximum atomic E-state index is 12.4. The van der Waals surface area contributed by atoms with Crippen molar-refractivity contribution < 1.29 is 19.0 Å². The summed E-state index contributed by atoms with van der Waals surface area (Å²) in [5, 5.41) is 10.0. The zero-order chi connectivity index (χ0) is 14.1. The van der Waals surface area contributed by atoms with Crippen LogP contribution >= 0.6 is 0 Å². The van der Waals surface area contributed by atoms with Gasteiger partial charge < -0.3 is 4.74 Å². The van der Waals surface area contributed by atoms with Gasteiger partial charge >= 0.3 is 6.09 Å². The van der Waals surface area contributed by atoms with Crippen LogP contribution in [0.15, 0.2) is 22.8 Å². The van der Waals surface area contributed by atoms with E-state index in [0.717, 1.165) is 0 Å². The van der Waals surface area contributed by atoms with Gasteiger partial charge in [-0.3, -0.25) is 4.79 Å². The fourth-order valence-electron chi connectivity index (χ4n) is 2.18. The van der Waals surface area contributed by atoms with E-state index in [1.165, 1.54) is 17.1 Å². The van der Waals surface area contributed by atoms with Gasteiger partial charge in [0.1, 0.15) is 11.0 Å². The molecule has 8 nitrogen and oxygen atoms in total. The zero-order valence-electron chi connectivity index (χ0n) is 10.8. The first-order valence-electron chi connectivity index (χ1n) is 6.10. The third-order valence-corrected chi connectivity index (χ3v) is 3.15. The van der Waals surface area contributed by atoms with Crippen molar-refractivity contribution in [2.45, 2.75) is 6.42 Å². The van der Waals surface area contributed by atoms with Gasteiger partial charge in [-0.1, -0.05) is 0 Å². The van der Waals surface area contributed by atoms with Crippen LogP contribution in [-0.2, 0) is 4.74 Å². The third kappa shape index (κ3) is 1.94. The Morgan fingerprint density at radius 1 is 1.20 bits per heavy atom. The molecule has 2 amide bonds. The number of hydrogen-bond acceptors (Lipinski definition) is 6. The van der Waals surface area contributed by atoms with E-state index in [9.17, 15) is 9.59 Å². The van der Waals surface area contributed by atoms with Gasteiger partial charge in [0.25, 0.3) is 5.91 Å². The number of aromatic nitrogens is 2. The summed E-state index contributed by atoms with van der Waals surface area (Å²) in [5.74, 6) is -0.280. The van der Waals surface area contributed by atoms with Gasteiger partial charge in [0, 0.05) is 18.7 Å². The first kappa shape index (κ1) is 12.4. The molecule has 3 rings (SSSR count). The number of ether oxygens (including phenoxy) is 1. The lowest BCUT2D eigenvalue weighted by Crippen LogP contribution is -2.44. The van der Waals surface area contributed by atoms with E-state index in [0.29, 0.717) is 36.1 Å². The summed E-state index contributed by atoms with van der Waals surface area (Å²) in [7, 11) is 1.29. The monoisotopic (exact) mass is 276 g/mol. The molecule has 0 atom stereocenters. The maximum Gasteiger partial charge on any atom is 0.428 e. The van der Waals surface area contributed by atoms with Crippen LogP contribution < -0.4 is 0 Å². The second-order valence-corrected chi connectivity index (χ2v) is 4.34. The van der Waals surface area contributed by atoms with Crippen molar-refractivity contribution in [3.05, 3.63) is 23.8 Å². The van der Waals surface area contributed by atoms with Crippen LogP contribution in [0.2, 0.25) is 0 Å². The second kappa shape index (κ2) is 4.80. The van der Waals surface area contributed by atoms with Crippen molar-refractivity contribution in [2.24, 2.45) is 0 Å². The molecule has 0 saturated carbocycles. The fraction of sp³-hybridized carbons (Fsp3) is 0.333. The molecule has 1 saturated heterocycles. The van der Waals surface area contributed by atoms with Gasteiger partial charge in [-0.15, -0.1) is 0 Å². The van der Waals surface area contributed by atoms with Crippen molar-refractivity contribution in [2.75, 3.05) is 20.2 Å². The summed E-state index contributed by atoms with van der Waals surface area (Å²) in [5.41, 5.74) is 1.50. The van der Waals surface area contributed by atoms with Gasteiger partial charge in [0.2, 0.25) is 0 Å². The topological polar surface area (TPSA) is 88.8 Å². The molecule has 104 valence electrons. The number of methoxy groups -OCH3 is 1. The van der Waals surface area contributed by atoms with Crippen molar-refractivity contribution >= 4 is 23.0 Å². The van der Waals surface area contributed by atoms with Crippen LogP contribution in [0.25, 0.3) is 11.0 Å². The number of benzene rings is 1. The third-order valence-electron chi connectivity index (χ3n) is 3.15. The Bertz CT molecular complexity index is 668. The number of carbonyl (C=O) groups excluding carboxylic acids is 2. The summed E-state index contributed by atoms with van der Waals surface area (Å²) in [4.78, 5) is 24.0. The standard InChI is InChI=1S/C12H12N4O4/c1-19-12(18)16-6-2-5-15(16)11(17)8-3-4-9-10(7-8)14-20-13-9/h3-4,7H,2,5-6H2,1H3. The lowest BCUT2D eigenvalue weighted by molar-refractivity contribution is 0.0193. The predicted molar refractivity (Wildman–Crippen MR) is 66.6 cm³/mol. The van der Waals surface area contributed by atoms with E-state index in [2.05, 4.69) is 19.7 Å². The molecule has 0 bridgehead atoms. The molecule has 0 spiro atoms. The van der Waals surface area contributed by atoms with Crippen molar-refractivity contribution in [3.63, 3.8) is 0 Å². The summed E-state index contributed by atoms with van der Waals surface area (Å²) >= 11 is 0. The molecule has 1 aliphatic heterocycles. The molecule has 0 unspecified atom stereocenters. The smallest absolute Gasteiger partial charge is 0.428 e. The van der Waals surface area contributed by atoms with Gasteiger partial charge in [0.05, 0.1) is 7.11 Å². The maximum absolute atomic E-state index is 12.4. The first-order valence-corrected chi connectivity index (χ1v) is 6.10. The number of carbonyl (C=O) groups is 2. The number of fused-ring (bicyclic) bond motifs is 1. The second-order valence-electron chi connectivity index (χ2n) is 4.34. The highest BCUT2D eigenvalue weighted by atomic mass is 16.6. The Hall–Kier alpha value is -2.64. The minimum atomic E-state index is -0.542. The molecule has 1 fully saturated rings. The van der Waals surface area contributed by atoms with Gasteiger partial charge in [-0.05, 0) is 34.9 Å². The molecule has 2 heterocycles. The number of hydrogen-bond donors (Lipinski definition) is 0. The highest BCUT2D eigenvalue weighted by Gasteiger charge is 2.32. The van der Waals surface area contributed by atoms with Crippen LogP contribution in [-0.4, -0.2) is 52.5 Å². The minimum absolute atomic E-state index is 0.280. The molecule has 8 heteroatoms. The van der Waals surface area contributed by atoms with Gasteiger partial charge in [0.15, 0.2) is 0 Å². The van der Waals surface area contributed by atoms with Crippen LogP contribution in [0.1, 0.15) is 16.8 Å². The molecule has 1 aromatic heterocycles. The number of rotatable bonds is 1. The highest BCUT2D eigenvalue weighted by molar-refractivity contribution is 5.97. The molecule has 1 aromatic carbocycles. The molecular formula is C12H12N4O4. The van der Waals surface area contributed by atoms with E-state index in [4.69, 9.17) is 0 Å². The van der Waals surface area contributed by atoms with E-state index in [1.54, 1.807) is 18.2 Å². The molecule has 0 aliphatic carbocycles. The average molecular weight is 276 g/mol.